The number of aromatic nitrogens is 1. The predicted octanol–water partition coefficient (Wildman–Crippen LogP) is 5.49. The van der Waals surface area contributed by atoms with E-state index in [4.69, 9.17) is 9.47 Å². The number of carbonyl (C=O) groups excluding carboxylic acids is 2. The molecule has 0 aliphatic heterocycles. The Hall–Kier alpha value is -3.28. The summed E-state index contributed by atoms with van der Waals surface area (Å²) in [5.41, 5.74) is 3.46. The molecule has 1 aromatic heterocycles. The minimum absolute atomic E-state index is 0.0540. The van der Waals surface area contributed by atoms with Gasteiger partial charge in [0.25, 0.3) is 5.91 Å². The number of rotatable bonds is 8. The standard InChI is InChI=1S/C29H36N2O4/c1-5-34-29(33)28-21(4)31(17-22-11-7-6-8-12-22)26-15-14-23(16-24(26)28)35-18-27(32)30-25-13-9-10-19(2)20(25)3/h6-8,11-12,14-16,19-20,25H,5,9-10,13,17-18H2,1-4H3,(H,30,32)/t19-,20-,25+/m0/s1. The third-order valence-electron chi connectivity index (χ3n) is 7.38. The highest BCUT2D eigenvalue weighted by Gasteiger charge is 2.28. The average Bonchev–Trinajstić information content (AvgIpc) is 3.12. The SMILES string of the molecule is CCOC(=O)c1c(C)n(Cc2ccccc2)c2ccc(OCC(=O)N[C@@H]3CCC[C@H](C)[C@@H]3C)cc12. The van der Waals surface area contributed by atoms with E-state index in [2.05, 4.69) is 35.9 Å². The van der Waals surface area contributed by atoms with Crippen molar-refractivity contribution in [2.24, 2.45) is 11.8 Å². The number of carbonyl (C=O) groups is 2. The number of ether oxygens (including phenoxy) is 2. The summed E-state index contributed by atoms with van der Waals surface area (Å²) in [6, 6.07) is 16.0. The summed E-state index contributed by atoms with van der Waals surface area (Å²) >= 11 is 0. The summed E-state index contributed by atoms with van der Waals surface area (Å²) in [5.74, 6) is 1.17. The van der Waals surface area contributed by atoms with Crippen LogP contribution in [0.1, 0.15) is 61.6 Å². The maximum Gasteiger partial charge on any atom is 0.340 e. The maximum absolute atomic E-state index is 12.9. The second kappa shape index (κ2) is 11.0. The molecule has 1 N–H and O–H groups in total. The van der Waals surface area contributed by atoms with Gasteiger partial charge in [0.2, 0.25) is 0 Å². The number of fused-ring (bicyclic) bond motifs is 1. The van der Waals surface area contributed by atoms with Crippen LogP contribution < -0.4 is 10.1 Å². The normalized spacial score (nSPS) is 19.9. The first-order valence-corrected chi connectivity index (χ1v) is 12.6. The molecule has 6 nitrogen and oxygen atoms in total. The molecule has 0 bridgehead atoms. The zero-order valence-corrected chi connectivity index (χ0v) is 21.2. The number of esters is 1. The Bertz CT molecular complexity index is 1180. The average molecular weight is 477 g/mol. The van der Waals surface area contributed by atoms with E-state index in [-0.39, 0.29) is 24.5 Å². The van der Waals surface area contributed by atoms with Crippen LogP contribution in [0.3, 0.4) is 0 Å². The van der Waals surface area contributed by atoms with Crippen LogP contribution in [0.15, 0.2) is 48.5 Å². The van der Waals surface area contributed by atoms with Crippen LogP contribution in [-0.2, 0) is 16.1 Å². The lowest BCUT2D eigenvalue weighted by molar-refractivity contribution is -0.124. The smallest absolute Gasteiger partial charge is 0.340 e. The fraction of sp³-hybridized carbons (Fsp3) is 0.448. The minimum atomic E-state index is -0.350. The molecule has 3 aromatic rings. The summed E-state index contributed by atoms with van der Waals surface area (Å²) in [6.45, 7) is 9.10. The Morgan fingerprint density at radius 3 is 2.60 bits per heavy atom. The van der Waals surface area contributed by atoms with Crippen molar-refractivity contribution < 1.29 is 19.1 Å². The molecule has 1 aliphatic rings. The lowest BCUT2D eigenvalue weighted by Crippen LogP contribution is -2.45. The molecule has 0 spiro atoms. The number of hydrogen-bond acceptors (Lipinski definition) is 4. The Kier molecular flexibility index (Phi) is 7.79. The summed E-state index contributed by atoms with van der Waals surface area (Å²) in [6.07, 6.45) is 3.38. The Morgan fingerprint density at radius 1 is 1.09 bits per heavy atom. The molecule has 1 aliphatic carbocycles. The van der Waals surface area contributed by atoms with Crippen LogP contribution in [0.4, 0.5) is 0 Å². The van der Waals surface area contributed by atoms with Gasteiger partial charge >= 0.3 is 5.97 Å². The molecular formula is C29H36N2O4. The van der Waals surface area contributed by atoms with Gasteiger partial charge in [-0.25, -0.2) is 4.79 Å². The third kappa shape index (κ3) is 5.53. The van der Waals surface area contributed by atoms with Gasteiger partial charge in [-0.3, -0.25) is 4.79 Å². The zero-order chi connectivity index (χ0) is 24.9. The van der Waals surface area contributed by atoms with E-state index >= 15 is 0 Å². The molecule has 3 atom stereocenters. The Balaban J connectivity index is 1.55. The number of amides is 1. The highest BCUT2D eigenvalue weighted by atomic mass is 16.5. The molecule has 0 unspecified atom stereocenters. The quantitative estimate of drug-likeness (QED) is 0.436. The second-order valence-electron chi connectivity index (χ2n) is 9.66. The summed E-state index contributed by atoms with van der Waals surface area (Å²) in [7, 11) is 0. The highest BCUT2D eigenvalue weighted by Crippen LogP contribution is 2.31. The molecule has 186 valence electrons. The number of nitrogens with one attached hydrogen (secondary N) is 1. The van der Waals surface area contributed by atoms with Crippen molar-refractivity contribution in [1.29, 1.82) is 0 Å². The van der Waals surface area contributed by atoms with E-state index in [1.54, 1.807) is 6.92 Å². The van der Waals surface area contributed by atoms with Crippen molar-refractivity contribution in [3.05, 3.63) is 65.4 Å². The largest absolute Gasteiger partial charge is 0.484 e. The van der Waals surface area contributed by atoms with E-state index in [0.29, 0.717) is 36.3 Å². The third-order valence-corrected chi connectivity index (χ3v) is 7.38. The topological polar surface area (TPSA) is 69.6 Å². The van der Waals surface area contributed by atoms with Crippen LogP contribution in [0.25, 0.3) is 10.9 Å². The first-order chi connectivity index (χ1) is 16.9. The second-order valence-corrected chi connectivity index (χ2v) is 9.66. The van der Waals surface area contributed by atoms with Gasteiger partial charge in [0.05, 0.1) is 12.2 Å². The lowest BCUT2D eigenvalue weighted by atomic mass is 9.78. The number of benzene rings is 2. The van der Waals surface area contributed by atoms with Gasteiger partial charge in [0, 0.05) is 29.2 Å². The fourth-order valence-corrected chi connectivity index (χ4v) is 5.16. The molecule has 35 heavy (non-hydrogen) atoms. The maximum atomic E-state index is 12.9. The van der Waals surface area contributed by atoms with Gasteiger partial charge in [0.1, 0.15) is 5.75 Å². The molecule has 1 fully saturated rings. The van der Waals surface area contributed by atoms with E-state index in [0.717, 1.165) is 35.0 Å². The molecule has 2 aromatic carbocycles. The van der Waals surface area contributed by atoms with Crippen molar-refractivity contribution in [3.8, 4) is 5.75 Å². The molecule has 1 saturated carbocycles. The predicted molar refractivity (Wildman–Crippen MR) is 138 cm³/mol. The molecule has 1 heterocycles. The van der Waals surface area contributed by atoms with Gasteiger partial charge in [0.15, 0.2) is 6.61 Å². The molecule has 0 radical (unpaired) electrons. The van der Waals surface area contributed by atoms with Crippen LogP contribution in [-0.4, -0.2) is 35.7 Å². The van der Waals surface area contributed by atoms with Gasteiger partial charge in [-0.1, -0.05) is 57.0 Å². The zero-order valence-electron chi connectivity index (χ0n) is 21.2. The van der Waals surface area contributed by atoms with E-state index in [1.165, 1.54) is 6.42 Å². The monoisotopic (exact) mass is 476 g/mol. The Morgan fingerprint density at radius 2 is 1.86 bits per heavy atom. The van der Waals surface area contributed by atoms with Gasteiger partial charge < -0.3 is 19.4 Å². The molecule has 6 heteroatoms. The molecule has 0 saturated heterocycles. The lowest BCUT2D eigenvalue weighted by Gasteiger charge is -2.34. The van der Waals surface area contributed by atoms with Crippen molar-refractivity contribution in [3.63, 3.8) is 0 Å². The highest BCUT2D eigenvalue weighted by molar-refractivity contribution is 6.06. The van der Waals surface area contributed by atoms with E-state index < -0.39 is 0 Å². The minimum Gasteiger partial charge on any atom is -0.484 e. The van der Waals surface area contributed by atoms with Crippen molar-refractivity contribution in [2.45, 2.75) is 59.5 Å². The van der Waals surface area contributed by atoms with Crippen molar-refractivity contribution >= 4 is 22.8 Å². The van der Waals surface area contributed by atoms with Crippen LogP contribution in [0, 0.1) is 18.8 Å². The van der Waals surface area contributed by atoms with Gasteiger partial charge in [-0.05, 0) is 55.9 Å². The van der Waals surface area contributed by atoms with Crippen LogP contribution >= 0.6 is 0 Å². The number of nitrogens with zero attached hydrogens (tertiary/aromatic N) is 1. The Labute approximate surface area is 207 Å². The van der Waals surface area contributed by atoms with Crippen molar-refractivity contribution in [1.82, 2.24) is 9.88 Å². The molecule has 1 amide bonds. The van der Waals surface area contributed by atoms with Crippen LogP contribution in [0.2, 0.25) is 0 Å². The van der Waals surface area contributed by atoms with Gasteiger partial charge in [-0.15, -0.1) is 0 Å². The summed E-state index contributed by atoms with van der Waals surface area (Å²) < 4.78 is 13.4. The molecular weight excluding hydrogens is 440 g/mol. The first kappa shape index (κ1) is 24.8. The van der Waals surface area contributed by atoms with E-state index in [1.807, 2.05) is 43.3 Å². The first-order valence-electron chi connectivity index (χ1n) is 12.6. The summed E-state index contributed by atoms with van der Waals surface area (Å²) in [4.78, 5) is 25.5. The summed E-state index contributed by atoms with van der Waals surface area (Å²) in [5, 5.41) is 3.92. The fourth-order valence-electron chi connectivity index (χ4n) is 5.16. The van der Waals surface area contributed by atoms with E-state index in [9.17, 15) is 9.59 Å². The van der Waals surface area contributed by atoms with Crippen LogP contribution in [0.5, 0.6) is 5.75 Å². The van der Waals surface area contributed by atoms with Crippen molar-refractivity contribution in [2.75, 3.05) is 13.2 Å². The van der Waals surface area contributed by atoms with Gasteiger partial charge in [-0.2, -0.15) is 0 Å². The number of hydrogen-bond donors (Lipinski definition) is 1. The molecule has 4 rings (SSSR count).